The second kappa shape index (κ2) is 5.49. The van der Waals surface area contributed by atoms with Crippen molar-refractivity contribution in [2.75, 3.05) is 26.2 Å². The molecule has 0 aliphatic carbocycles. The fourth-order valence-electron chi connectivity index (χ4n) is 1.65. The molecule has 0 aromatic heterocycles. The van der Waals surface area contributed by atoms with E-state index in [2.05, 4.69) is 4.90 Å². The quantitative estimate of drug-likeness (QED) is 0.634. The lowest BCUT2D eigenvalue weighted by atomic mass is 10.2. The number of unbranched alkanes of at least 4 members (excludes halogenated alkanes) is 2. The summed E-state index contributed by atoms with van der Waals surface area (Å²) >= 11 is 0. The molecular weight excluding hydrogens is 155 g/mol. The van der Waals surface area contributed by atoms with E-state index in [4.69, 9.17) is 5.73 Å². The molecule has 0 unspecified atom stereocenters. The Bertz CT molecular complexity index is 119. The van der Waals surface area contributed by atoms with Gasteiger partial charge in [0.1, 0.15) is 6.17 Å². The maximum Gasteiger partial charge on any atom is 0.114 e. The van der Waals surface area contributed by atoms with Crippen molar-refractivity contribution >= 4 is 0 Å². The molecule has 0 amide bonds. The molecule has 1 saturated heterocycles. The Morgan fingerprint density at radius 2 is 2.17 bits per heavy atom. The normalized spacial score (nSPS) is 25.0. The maximum absolute atomic E-state index is 12.7. The Balaban J connectivity index is 1.93. The van der Waals surface area contributed by atoms with Crippen LogP contribution in [0.5, 0.6) is 0 Å². The van der Waals surface area contributed by atoms with E-state index < -0.39 is 6.17 Å². The summed E-state index contributed by atoms with van der Waals surface area (Å²) in [6, 6.07) is 0. The average molecular weight is 174 g/mol. The monoisotopic (exact) mass is 174 g/mol. The fourth-order valence-corrected chi connectivity index (χ4v) is 1.65. The first-order valence-corrected chi connectivity index (χ1v) is 4.89. The van der Waals surface area contributed by atoms with Gasteiger partial charge < -0.3 is 10.6 Å². The Morgan fingerprint density at radius 3 is 2.75 bits per heavy atom. The lowest BCUT2D eigenvalue weighted by molar-refractivity contribution is 0.283. The molecule has 1 heterocycles. The largest absolute Gasteiger partial charge is 0.330 e. The van der Waals surface area contributed by atoms with Crippen LogP contribution in [-0.2, 0) is 0 Å². The van der Waals surface area contributed by atoms with E-state index in [1.54, 1.807) is 0 Å². The van der Waals surface area contributed by atoms with Crippen LogP contribution in [0.25, 0.3) is 0 Å². The highest BCUT2D eigenvalue weighted by Gasteiger charge is 2.20. The summed E-state index contributed by atoms with van der Waals surface area (Å²) in [7, 11) is 0. The van der Waals surface area contributed by atoms with Crippen LogP contribution in [0, 0.1) is 0 Å². The van der Waals surface area contributed by atoms with Gasteiger partial charge in [-0.1, -0.05) is 6.42 Å². The highest BCUT2D eigenvalue weighted by molar-refractivity contribution is 4.74. The number of rotatable bonds is 5. The van der Waals surface area contributed by atoms with Crippen molar-refractivity contribution in [2.45, 2.75) is 31.9 Å². The zero-order valence-corrected chi connectivity index (χ0v) is 7.64. The SMILES string of the molecule is NCCCCCN1CC[C@H](F)C1. The average Bonchev–Trinajstić information content (AvgIpc) is 2.45. The first kappa shape index (κ1) is 9.93. The summed E-state index contributed by atoms with van der Waals surface area (Å²) in [4.78, 5) is 2.21. The highest BCUT2D eigenvalue weighted by atomic mass is 19.1. The first-order valence-electron chi connectivity index (χ1n) is 4.89. The van der Waals surface area contributed by atoms with Crippen LogP contribution in [0.2, 0.25) is 0 Å². The van der Waals surface area contributed by atoms with Gasteiger partial charge in [0, 0.05) is 13.1 Å². The molecule has 0 aromatic carbocycles. The summed E-state index contributed by atoms with van der Waals surface area (Å²) in [5.41, 5.74) is 5.37. The highest BCUT2D eigenvalue weighted by Crippen LogP contribution is 2.12. The van der Waals surface area contributed by atoms with Crippen molar-refractivity contribution in [3.8, 4) is 0 Å². The Labute approximate surface area is 73.9 Å². The molecule has 0 radical (unpaired) electrons. The van der Waals surface area contributed by atoms with E-state index in [1.807, 2.05) is 0 Å². The minimum absolute atomic E-state index is 0.570. The molecule has 1 aliphatic rings. The third-order valence-corrected chi connectivity index (χ3v) is 2.39. The van der Waals surface area contributed by atoms with E-state index in [-0.39, 0.29) is 0 Å². The van der Waals surface area contributed by atoms with Crippen molar-refractivity contribution in [3.63, 3.8) is 0 Å². The molecule has 0 aromatic rings. The summed E-state index contributed by atoms with van der Waals surface area (Å²) in [5.74, 6) is 0. The van der Waals surface area contributed by atoms with Crippen molar-refractivity contribution < 1.29 is 4.39 Å². The number of likely N-dealkylation sites (tertiary alicyclic amines) is 1. The number of hydrogen-bond acceptors (Lipinski definition) is 2. The minimum atomic E-state index is -0.570. The van der Waals surface area contributed by atoms with Gasteiger partial charge in [0.25, 0.3) is 0 Å². The Morgan fingerprint density at radius 1 is 1.33 bits per heavy atom. The number of alkyl halides is 1. The van der Waals surface area contributed by atoms with Gasteiger partial charge in [-0.25, -0.2) is 4.39 Å². The predicted molar refractivity (Wildman–Crippen MR) is 48.9 cm³/mol. The zero-order chi connectivity index (χ0) is 8.81. The molecular formula is C9H19FN2. The van der Waals surface area contributed by atoms with E-state index in [0.29, 0.717) is 6.54 Å². The third-order valence-electron chi connectivity index (χ3n) is 2.39. The van der Waals surface area contributed by atoms with E-state index in [9.17, 15) is 4.39 Å². The number of hydrogen-bond donors (Lipinski definition) is 1. The molecule has 1 fully saturated rings. The van der Waals surface area contributed by atoms with Gasteiger partial charge in [-0.15, -0.1) is 0 Å². The Kier molecular flexibility index (Phi) is 4.54. The zero-order valence-electron chi connectivity index (χ0n) is 7.64. The van der Waals surface area contributed by atoms with Crippen molar-refractivity contribution in [1.29, 1.82) is 0 Å². The van der Waals surface area contributed by atoms with Crippen LogP contribution >= 0.6 is 0 Å². The molecule has 1 atom stereocenters. The van der Waals surface area contributed by atoms with Crippen molar-refractivity contribution in [3.05, 3.63) is 0 Å². The molecule has 0 bridgehead atoms. The number of halogens is 1. The van der Waals surface area contributed by atoms with Gasteiger partial charge in [0.05, 0.1) is 0 Å². The predicted octanol–water partition coefficient (Wildman–Crippen LogP) is 1.16. The lowest BCUT2D eigenvalue weighted by Crippen LogP contribution is -2.22. The van der Waals surface area contributed by atoms with Crippen molar-refractivity contribution in [1.82, 2.24) is 4.90 Å². The fraction of sp³-hybridized carbons (Fsp3) is 1.00. The molecule has 2 N–H and O–H groups in total. The topological polar surface area (TPSA) is 29.3 Å². The summed E-state index contributed by atoms with van der Waals surface area (Å²) in [6.07, 6.45) is 3.62. The summed E-state index contributed by atoms with van der Waals surface area (Å²) in [6.45, 7) is 3.44. The van der Waals surface area contributed by atoms with Gasteiger partial charge in [-0.3, -0.25) is 0 Å². The summed E-state index contributed by atoms with van der Waals surface area (Å²) < 4.78 is 12.7. The van der Waals surface area contributed by atoms with Crippen LogP contribution in [0.15, 0.2) is 0 Å². The molecule has 1 aliphatic heterocycles. The second-order valence-electron chi connectivity index (χ2n) is 3.54. The van der Waals surface area contributed by atoms with Crippen LogP contribution in [0.1, 0.15) is 25.7 Å². The minimum Gasteiger partial charge on any atom is -0.330 e. The third kappa shape index (κ3) is 3.50. The first-order chi connectivity index (χ1) is 5.83. The van der Waals surface area contributed by atoms with Crippen LogP contribution in [0.3, 0.4) is 0 Å². The van der Waals surface area contributed by atoms with Crippen LogP contribution in [0.4, 0.5) is 4.39 Å². The van der Waals surface area contributed by atoms with Gasteiger partial charge >= 0.3 is 0 Å². The van der Waals surface area contributed by atoms with E-state index >= 15 is 0 Å². The standard InChI is InChI=1S/C9H19FN2/c10-9-4-7-12(8-9)6-3-1-2-5-11/h9H,1-8,11H2/t9-/m0/s1. The molecule has 1 rings (SSSR count). The Hall–Kier alpha value is -0.150. The molecule has 12 heavy (non-hydrogen) atoms. The second-order valence-corrected chi connectivity index (χ2v) is 3.54. The maximum atomic E-state index is 12.7. The van der Waals surface area contributed by atoms with Gasteiger partial charge in [-0.2, -0.15) is 0 Å². The van der Waals surface area contributed by atoms with Gasteiger partial charge in [0.15, 0.2) is 0 Å². The molecule has 0 spiro atoms. The van der Waals surface area contributed by atoms with Crippen molar-refractivity contribution in [2.24, 2.45) is 5.73 Å². The van der Waals surface area contributed by atoms with Gasteiger partial charge in [0.2, 0.25) is 0 Å². The van der Waals surface area contributed by atoms with Crippen LogP contribution in [-0.4, -0.2) is 37.3 Å². The molecule has 72 valence electrons. The molecule has 2 nitrogen and oxygen atoms in total. The number of nitrogens with two attached hydrogens (primary N) is 1. The van der Waals surface area contributed by atoms with Gasteiger partial charge in [-0.05, 0) is 32.4 Å². The van der Waals surface area contributed by atoms with Crippen LogP contribution < -0.4 is 5.73 Å². The number of nitrogens with zero attached hydrogens (tertiary/aromatic N) is 1. The van der Waals surface area contributed by atoms with E-state index in [1.165, 1.54) is 12.8 Å². The van der Waals surface area contributed by atoms with E-state index in [0.717, 1.165) is 32.5 Å². The smallest absolute Gasteiger partial charge is 0.114 e. The molecule has 3 heteroatoms. The molecule has 0 saturated carbocycles. The summed E-state index contributed by atoms with van der Waals surface area (Å²) in [5, 5.41) is 0. The lowest BCUT2D eigenvalue weighted by Gasteiger charge is -2.13.